The third-order valence-corrected chi connectivity index (χ3v) is 7.91. The number of carbonyl (C=O) groups is 2. The Morgan fingerprint density at radius 3 is 2.20 bits per heavy atom. The molecule has 0 unspecified atom stereocenters. The molecule has 2 fully saturated rings. The lowest BCUT2D eigenvalue weighted by molar-refractivity contribution is -0.118. The van der Waals surface area contributed by atoms with Crippen molar-refractivity contribution >= 4 is 23.3 Å². The summed E-state index contributed by atoms with van der Waals surface area (Å²) in [5.41, 5.74) is 6.29. The van der Waals surface area contributed by atoms with Crippen molar-refractivity contribution < 1.29 is 14.0 Å². The van der Waals surface area contributed by atoms with Crippen LogP contribution in [0, 0.1) is 18.3 Å². The lowest BCUT2D eigenvalue weighted by Crippen LogP contribution is -2.30. The summed E-state index contributed by atoms with van der Waals surface area (Å²) in [6, 6.07) is 7.64. The van der Waals surface area contributed by atoms with Crippen LogP contribution in [-0.2, 0) is 23.1 Å². The number of likely N-dealkylation sites (tertiary alicyclic amines) is 1. The van der Waals surface area contributed by atoms with E-state index in [1.165, 1.54) is 45.8 Å². The minimum Gasteiger partial charge on any atom is -0.441 e. The maximum absolute atomic E-state index is 12.1. The summed E-state index contributed by atoms with van der Waals surface area (Å²) in [7, 11) is 5.48. The van der Waals surface area contributed by atoms with Crippen LogP contribution in [0.2, 0.25) is 0 Å². The number of fused-ring (bicyclic) bond motifs is 1. The fourth-order valence-electron chi connectivity index (χ4n) is 4.96. The van der Waals surface area contributed by atoms with E-state index in [1.807, 2.05) is 51.8 Å². The Morgan fingerprint density at radius 1 is 1.00 bits per heavy atom. The summed E-state index contributed by atoms with van der Waals surface area (Å²) in [4.78, 5) is 38.2. The van der Waals surface area contributed by atoms with Gasteiger partial charge in [0.2, 0.25) is 0 Å². The summed E-state index contributed by atoms with van der Waals surface area (Å²) in [6.45, 7) is 10.6. The van der Waals surface area contributed by atoms with Gasteiger partial charge in [0.25, 0.3) is 5.56 Å². The number of oxazole rings is 1. The first-order valence-corrected chi connectivity index (χ1v) is 15.8. The molecule has 8 nitrogen and oxygen atoms in total. The highest BCUT2D eigenvalue weighted by molar-refractivity contribution is 5.85. The standard InChI is InChI=1S/C22H26N2O3.C8H15N.C2H6.C2H2.CH5N.CH2O/c1-3-18(25)8-6-4-5-7-9-21-23-15-20(27-21)17-10-11-19-16(14-17)12-13-24(2)22(19)26;1-9-6-4-8(2-3-8)5-7-9;4*1-2/h10-15H,3-9H2,1-2H3;2-7H2,1H3;1-2H3;1-2H;2H2,1H3;1H2. The van der Waals surface area contributed by atoms with Gasteiger partial charge in [-0.2, -0.15) is 0 Å². The van der Waals surface area contributed by atoms with Crippen molar-refractivity contribution in [1.82, 2.24) is 14.5 Å². The zero-order valence-corrected chi connectivity index (χ0v) is 28.1. The SMILES string of the molecule is C#C.C=O.CC.CCC(=O)CCCCCCc1ncc(-c2ccc3c(=O)n(C)ccc3c2)o1.CN.CN1CCC2(CC1)CC2. The van der Waals surface area contributed by atoms with Gasteiger partial charge in [0, 0.05) is 43.5 Å². The largest absolute Gasteiger partial charge is 0.441 e. The number of benzene rings is 1. The van der Waals surface area contributed by atoms with Crippen LogP contribution in [0.15, 0.2) is 45.9 Å². The van der Waals surface area contributed by atoms with Gasteiger partial charge < -0.3 is 24.4 Å². The molecule has 1 aliphatic carbocycles. The summed E-state index contributed by atoms with van der Waals surface area (Å²) in [5.74, 6) is 1.81. The first kappa shape index (κ1) is 40.5. The van der Waals surface area contributed by atoms with E-state index >= 15 is 0 Å². The Hall–Kier alpha value is -3.54. The molecule has 2 aromatic heterocycles. The molecular weight excluding hydrogens is 552 g/mol. The molecular formula is C36H56N4O4. The van der Waals surface area contributed by atoms with E-state index < -0.39 is 0 Å². The van der Waals surface area contributed by atoms with Crippen molar-refractivity contribution in [1.29, 1.82) is 0 Å². The van der Waals surface area contributed by atoms with Gasteiger partial charge >= 0.3 is 0 Å². The molecule has 0 radical (unpaired) electrons. The first-order chi connectivity index (χ1) is 21.4. The number of unbranched alkanes of at least 4 members (excludes halogenated alkanes) is 3. The Morgan fingerprint density at radius 2 is 1.61 bits per heavy atom. The van der Waals surface area contributed by atoms with E-state index in [0.717, 1.165) is 60.1 Å². The maximum atomic E-state index is 12.1. The Balaban J connectivity index is 0.000000897. The van der Waals surface area contributed by atoms with Gasteiger partial charge in [0.05, 0.1) is 6.20 Å². The van der Waals surface area contributed by atoms with Crippen molar-refractivity contribution in [3.8, 4) is 24.2 Å². The number of ketones is 1. The normalized spacial score (nSPS) is 14.0. The Labute approximate surface area is 265 Å². The molecule has 44 heavy (non-hydrogen) atoms. The number of aromatic nitrogens is 2. The topological polar surface area (TPSA) is 111 Å². The van der Waals surface area contributed by atoms with Gasteiger partial charge in [-0.3, -0.25) is 9.59 Å². The van der Waals surface area contributed by atoms with Crippen LogP contribution >= 0.6 is 0 Å². The van der Waals surface area contributed by atoms with Crippen LogP contribution in [0.5, 0.6) is 0 Å². The highest BCUT2D eigenvalue weighted by Crippen LogP contribution is 2.53. The number of hydrogen-bond acceptors (Lipinski definition) is 7. The number of rotatable bonds is 9. The third kappa shape index (κ3) is 13.4. The van der Waals surface area contributed by atoms with E-state index in [9.17, 15) is 9.59 Å². The monoisotopic (exact) mass is 608 g/mol. The zero-order chi connectivity index (χ0) is 33.5. The Bertz CT molecular complexity index is 1280. The van der Waals surface area contributed by atoms with Crippen molar-refractivity contribution in [2.75, 3.05) is 27.2 Å². The van der Waals surface area contributed by atoms with Crippen LogP contribution < -0.4 is 11.3 Å². The van der Waals surface area contributed by atoms with Gasteiger partial charge in [-0.15, -0.1) is 12.8 Å². The molecule has 1 spiro atoms. The average Bonchev–Trinajstić information content (AvgIpc) is 3.68. The van der Waals surface area contributed by atoms with Crippen LogP contribution in [-0.4, -0.2) is 54.2 Å². The smallest absolute Gasteiger partial charge is 0.258 e. The molecule has 0 atom stereocenters. The number of terminal acetylenes is 1. The molecule has 2 N–H and O–H groups in total. The average molecular weight is 609 g/mol. The molecule has 0 amide bonds. The molecule has 1 aliphatic heterocycles. The number of aryl methyl sites for hydroxylation is 2. The number of carbonyl (C=O) groups excluding carboxylic acids is 2. The van der Waals surface area contributed by atoms with Gasteiger partial charge in [-0.1, -0.05) is 39.7 Å². The van der Waals surface area contributed by atoms with Crippen LogP contribution in [0.3, 0.4) is 0 Å². The number of nitrogens with zero attached hydrogens (tertiary/aromatic N) is 3. The summed E-state index contributed by atoms with van der Waals surface area (Å²) in [6.07, 6.45) is 23.8. The van der Waals surface area contributed by atoms with Crippen molar-refractivity contribution in [2.45, 2.75) is 91.4 Å². The fraction of sp³-hybridized carbons (Fsp3) is 0.556. The van der Waals surface area contributed by atoms with Crippen molar-refractivity contribution in [2.24, 2.45) is 18.2 Å². The minimum absolute atomic E-state index is 0.00190. The third-order valence-electron chi connectivity index (χ3n) is 7.91. The maximum Gasteiger partial charge on any atom is 0.258 e. The molecule has 244 valence electrons. The molecule has 0 bridgehead atoms. The van der Waals surface area contributed by atoms with Crippen molar-refractivity contribution in [3.63, 3.8) is 0 Å². The lowest BCUT2D eigenvalue weighted by Gasteiger charge is -2.28. The molecule has 3 aromatic rings. The van der Waals surface area contributed by atoms with Crippen LogP contribution in [0.1, 0.15) is 90.9 Å². The molecule has 8 heteroatoms. The van der Waals surface area contributed by atoms with E-state index in [4.69, 9.17) is 9.21 Å². The van der Waals surface area contributed by atoms with Gasteiger partial charge in [0.1, 0.15) is 12.6 Å². The lowest BCUT2D eigenvalue weighted by atomic mass is 9.94. The van der Waals surface area contributed by atoms with Gasteiger partial charge in [-0.25, -0.2) is 4.98 Å². The molecule has 5 rings (SSSR count). The zero-order valence-electron chi connectivity index (χ0n) is 28.1. The van der Waals surface area contributed by atoms with Crippen molar-refractivity contribution in [3.05, 3.63) is 52.9 Å². The first-order valence-electron chi connectivity index (χ1n) is 15.8. The number of hydrogen-bond donors (Lipinski definition) is 1. The van der Waals surface area contributed by atoms with E-state index in [0.29, 0.717) is 24.0 Å². The second kappa shape index (κ2) is 22.9. The molecule has 3 heterocycles. The fourth-order valence-corrected chi connectivity index (χ4v) is 4.96. The van der Waals surface area contributed by atoms with Gasteiger partial charge in [-0.05, 0) is 94.7 Å². The second-order valence-corrected chi connectivity index (χ2v) is 10.8. The van der Waals surface area contributed by atoms with E-state index in [1.54, 1.807) is 24.0 Å². The minimum atomic E-state index is -0.00190. The number of pyridine rings is 1. The number of Topliss-reactive ketones (excluding diaryl/α,β-unsaturated/α-hetero) is 1. The van der Waals surface area contributed by atoms with Gasteiger partial charge in [0.15, 0.2) is 11.7 Å². The number of nitrogens with two attached hydrogens (primary N) is 1. The summed E-state index contributed by atoms with van der Waals surface area (Å²) >= 11 is 0. The predicted molar refractivity (Wildman–Crippen MR) is 184 cm³/mol. The highest BCUT2D eigenvalue weighted by atomic mass is 16.4. The van der Waals surface area contributed by atoms with Crippen LogP contribution in [0.4, 0.5) is 0 Å². The molecule has 1 aromatic carbocycles. The van der Waals surface area contributed by atoms with E-state index in [-0.39, 0.29) is 5.56 Å². The quantitative estimate of drug-likeness (QED) is 0.209. The molecule has 1 saturated heterocycles. The number of piperidine rings is 1. The predicted octanol–water partition coefficient (Wildman–Crippen LogP) is 6.82. The molecule has 2 aliphatic rings. The van der Waals surface area contributed by atoms with E-state index in [2.05, 4.69) is 35.5 Å². The molecule has 1 saturated carbocycles. The summed E-state index contributed by atoms with van der Waals surface area (Å²) in [5, 5.41) is 1.60. The van der Waals surface area contributed by atoms with Crippen LogP contribution in [0.25, 0.3) is 22.1 Å². The second-order valence-electron chi connectivity index (χ2n) is 10.8. The summed E-state index contributed by atoms with van der Waals surface area (Å²) < 4.78 is 7.46. The highest BCUT2D eigenvalue weighted by Gasteiger charge is 2.43. The Kier molecular flexibility index (Phi) is 21.1.